The molecule has 0 heterocycles. The highest BCUT2D eigenvalue weighted by molar-refractivity contribution is 6.30. The molecule has 0 atom stereocenters. The average molecular weight is 393 g/mol. The second kappa shape index (κ2) is 8.97. The lowest BCUT2D eigenvalue weighted by molar-refractivity contribution is 0.0734. The first-order chi connectivity index (χ1) is 13.5. The van der Waals surface area contributed by atoms with Gasteiger partial charge in [-0.25, -0.2) is 10.2 Å². The van der Waals surface area contributed by atoms with E-state index in [9.17, 15) is 9.59 Å². The predicted octanol–water partition coefficient (Wildman–Crippen LogP) is 4.63. The number of carbonyl (C=O) groups is 2. The number of aryl methyl sites for hydroxylation is 1. The molecule has 0 radical (unpaired) electrons. The van der Waals surface area contributed by atoms with Gasteiger partial charge in [0.25, 0.3) is 5.91 Å². The normalized spacial score (nSPS) is 10.6. The van der Waals surface area contributed by atoms with Crippen molar-refractivity contribution in [3.63, 3.8) is 0 Å². The molecule has 0 aliphatic carbocycles. The Labute approximate surface area is 167 Å². The van der Waals surface area contributed by atoms with Crippen molar-refractivity contribution in [2.75, 3.05) is 0 Å². The summed E-state index contributed by atoms with van der Waals surface area (Å²) in [6, 6.07) is 20.5. The van der Waals surface area contributed by atoms with Gasteiger partial charge in [-0.05, 0) is 67.1 Å². The van der Waals surface area contributed by atoms with E-state index in [1.54, 1.807) is 60.7 Å². The van der Waals surface area contributed by atoms with Gasteiger partial charge in [0.2, 0.25) is 0 Å². The van der Waals surface area contributed by atoms with Crippen LogP contribution in [0.5, 0.6) is 5.75 Å². The predicted molar refractivity (Wildman–Crippen MR) is 109 cm³/mol. The van der Waals surface area contributed by atoms with Crippen molar-refractivity contribution >= 4 is 29.7 Å². The Hall–Kier alpha value is -3.44. The van der Waals surface area contributed by atoms with Gasteiger partial charge in [-0.15, -0.1) is 0 Å². The van der Waals surface area contributed by atoms with E-state index in [0.29, 0.717) is 21.9 Å². The highest BCUT2D eigenvalue weighted by atomic mass is 35.5. The maximum atomic E-state index is 12.1. The lowest BCUT2D eigenvalue weighted by Gasteiger charge is -2.05. The number of amides is 1. The van der Waals surface area contributed by atoms with Gasteiger partial charge >= 0.3 is 5.97 Å². The first kappa shape index (κ1) is 19.3. The molecule has 0 aliphatic rings. The number of nitrogens with one attached hydrogen (secondary N) is 1. The molecule has 0 saturated carbocycles. The van der Waals surface area contributed by atoms with Gasteiger partial charge in [0.05, 0.1) is 11.8 Å². The van der Waals surface area contributed by atoms with Crippen LogP contribution in [0.15, 0.2) is 77.9 Å². The fraction of sp³-hybridized carbons (Fsp3) is 0.0455. The fourth-order valence-corrected chi connectivity index (χ4v) is 2.61. The number of rotatable bonds is 5. The standard InChI is InChI=1S/C22H17ClN2O3/c1-15-4-2-5-17(12-15)21(26)25-24-14-16-8-10-20(11-9-16)28-22(27)18-6-3-7-19(23)13-18/h2-14H,1H3,(H,25,26)/b24-14-. The fourth-order valence-electron chi connectivity index (χ4n) is 2.42. The molecule has 1 amide bonds. The molecule has 0 aliphatic heterocycles. The minimum absolute atomic E-state index is 0.285. The number of esters is 1. The van der Waals surface area contributed by atoms with Gasteiger partial charge in [0.15, 0.2) is 0 Å². The van der Waals surface area contributed by atoms with Crippen LogP contribution in [0.1, 0.15) is 31.8 Å². The molecule has 5 nitrogen and oxygen atoms in total. The third-order valence-electron chi connectivity index (χ3n) is 3.81. The maximum Gasteiger partial charge on any atom is 0.343 e. The van der Waals surface area contributed by atoms with Crippen LogP contribution in [0.2, 0.25) is 5.02 Å². The van der Waals surface area contributed by atoms with Crippen LogP contribution < -0.4 is 10.2 Å². The number of halogens is 1. The van der Waals surface area contributed by atoms with Crippen molar-refractivity contribution in [3.8, 4) is 5.75 Å². The van der Waals surface area contributed by atoms with Gasteiger partial charge in [-0.1, -0.05) is 35.4 Å². The van der Waals surface area contributed by atoms with Crippen molar-refractivity contribution in [2.45, 2.75) is 6.92 Å². The average Bonchev–Trinajstić information content (AvgIpc) is 2.69. The van der Waals surface area contributed by atoms with Crippen molar-refractivity contribution in [3.05, 3.63) is 100 Å². The molecular formula is C22H17ClN2O3. The second-order valence-electron chi connectivity index (χ2n) is 6.04. The SMILES string of the molecule is Cc1cccc(C(=O)N/N=C\c2ccc(OC(=O)c3cccc(Cl)c3)cc2)c1. The smallest absolute Gasteiger partial charge is 0.343 e. The minimum atomic E-state index is -0.491. The molecule has 3 aromatic rings. The van der Waals surface area contributed by atoms with Crippen molar-refractivity contribution in [1.82, 2.24) is 5.43 Å². The molecule has 0 fully saturated rings. The second-order valence-corrected chi connectivity index (χ2v) is 6.47. The van der Waals surface area contributed by atoms with Crippen LogP contribution in [0, 0.1) is 6.92 Å². The molecule has 140 valence electrons. The van der Waals surface area contributed by atoms with E-state index in [2.05, 4.69) is 10.5 Å². The van der Waals surface area contributed by atoms with E-state index in [4.69, 9.17) is 16.3 Å². The quantitative estimate of drug-likeness (QED) is 0.298. The van der Waals surface area contributed by atoms with Gasteiger partial charge in [-0.3, -0.25) is 4.79 Å². The molecule has 0 spiro atoms. The Balaban J connectivity index is 1.57. The lowest BCUT2D eigenvalue weighted by Crippen LogP contribution is -2.17. The summed E-state index contributed by atoms with van der Waals surface area (Å²) < 4.78 is 5.31. The monoisotopic (exact) mass is 392 g/mol. The molecule has 3 rings (SSSR count). The lowest BCUT2D eigenvalue weighted by atomic mass is 10.1. The Bertz CT molecular complexity index is 1030. The molecule has 1 N–H and O–H groups in total. The summed E-state index contributed by atoms with van der Waals surface area (Å²) in [7, 11) is 0. The minimum Gasteiger partial charge on any atom is -0.423 e. The maximum absolute atomic E-state index is 12.1. The van der Waals surface area contributed by atoms with Crippen molar-refractivity contribution < 1.29 is 14.3 Å². The van der Waals surface area contributed by atoms with Crippen LogP contribution >= 0.6 is 11.6 Å². The van der Waals surface area contributed by atoms with Gasteiger partial charge in [0.1, 0.15) is 5.75 Å². The number of nitrogens with zero attached hydrogens (tertiary/aromatic N) is 1. The summed E-state index contributed by atoms with van der Waals surface area (Å²) in [5.41, 5.74) is 5.14. The summed E-state index contributed by atoms with van der Waals surface area (Å²) in [5.74, 6) is -0.382. The third-order valence-corrected chi connectivity index (χ3v) is 4.05. The van der Waals surface area contributed by atoms with Crippen LogP contribution in [-0.4, -0.2) is 18.1 Å². The third kappa shape index (κ3) is 5.28. The summed E-state index contributed by atoms with van der Waals surface area (Å²) in [6.45, 7) is 1.92. The zero-order valence-electron chi connectivity index (χ0n) is 15.1. The van der Waals surface area contributed by atoms with E-state index in [1.165, 1.54) is 6.21 Å². The number of carbonyl (C=O) groups excluding carboxylic acids is 2. The van der Waals surface area contributed by atoms with Crippen LogP contribution in [-0.2, 0) is 0 Å². The molecule has 0 unspecified atom stereocenters. The molecule has 28 heavy (non-hydrogen) atoms. The summed E-state index contributed by atoms with van der Waals surface area (Å²) in [6.07, 6.45) is 1.51. The van der Waals surface area contributed by atoms with E-state index in [1.807, 2.05) is 19.1 Å². The summed E-state index contributed by atoms with van der Waals surface area (Å²) >= 11 is 5.88. The van der Waals surface area contributed by atoms with Gasteiger partial charge in [-0.2, -0.15) is 5.10 Å². The Kier molecular flexibility index (Phi) is 6.19. The molecule has 3 aromatic carbocycles. The van der Waals surface area contributed by atoms with Gasteiger partial charge < -0.3 is 4.74 Å². The van der Waals surface area contributed by atoms with E-state index < -0.39 is 5.97 Å². The van der Waals surface area contributed by atoms with Crippen LogP contribution in [0.4, 0.5) is 0 Å². The first-order valence-corrected chi connectivity index (χ1v) is 8.87. The number of benzene rings is 3. The number of hydrazone groups is 1. The molecule has 6 heteroatoms. The Morgan fingerprint density at radius 3 is 2.39 bits per heavy atom. The number of ether oxygens (including phenoxy) is 1. The largest absolute Gasteiger partial charge is 0.423 e. The van der Waals surface area contributed by atoms with Crippen molar-refractivity contribution in [2.24, 2.45) is 5.10 Å². The van der Waals surface area contributed by atoms with E-state index >= 15 is 0 Å². The Morgan fingerprint density at radius 2 is 1.68 bits per heavy atom. The van der Waals surface area contributed by atoms with E-state index in [0.717, 1.165) is 11.1 Å². The molecule has 0 saturated heterocycles. The highest BCUT2D eigenvalue weighted by Gasteiger charge is 2.09. The number of hydrogen-bond acceptors (Lipinski definition) is 4. The topological polar surface area (TPSA) is 67.8 Å². The molecule has 0 aromatic heterocycles. The number of hydrogen-bond donors (Lipinski definition) is 1. The zero-order chi connectivity index (χ0) is 19.9. The van der Waals surface area contributed by atoms with Crippen molar-refractivity contribution in [1.29, 1.82) is 0 Å². The molecule has 0 bridgehead atoms. The van der Waals surface area contributed by atoms with Crippen LogP contribution in [0.25, 0.3) is 0 Å². The van der Waals surface area contributed by atoms with Gasteiger partial charge in [0, 0.05) is 10.6 Å². The summed E-state index contributed by atoms with van der Waals surface area (Å²) in [4.78, 5) is 24.1. The highest BCUT2D eigenvalue weighted by Crippen LogP contribution is 2.16. The van der Waals surface area contributed by atoms with E-state index in [-0.39, 0.29) is 5.91 Å². The molecular weight excluding hydrogens is 376 g/mol. The summed E-state index contributed by atoms with van der Waals surface area (Å²) in [5, 5.41) is 4.41. The van der Waals surface area contributed by atoms with Crippen LogP contribution in [0.3, 0.4) is 0 Å². The Morgan fingerprint density at radius 1 is 0.964 bits per heavy atom. The first-order valence-electron chi connectivity index (χ1n) is 8.49. The zero-order valence-corrected chi connectivity index (χ0v) is 15.8.